The molecule has 4 aliphatic carbocycles. The van der Waals surface area contributed by atoms with Crippen LogP contribution in [0.2, 0.25) is 5.02 Å². The number of halogens is 1. The third-order valence-corrected chi connectivity index (χ3v) is 8.40. The van der Waals surface area contributed by atoms with E-state index < -0.39 is 17.8 Å². The maximum atomic E-state index is 13.2. The third kappa shape index (κ3) is 3.43. The quantitative estimate of drug-likeness (QED) is 0.472. The first kappa shape index (κ1) is 21.4. The number of imide groups is 2. The van der Waals surface area contributed by atoms with Gasteiger partial charge < -0.3 is 5.11 Å². The summed E-state index contributed by atoms with van der Waals surface area (Å²) in [7, 11) is 0. The van der Waals surface area contributed by atoms with Gasteiger partial charge in [0.05, 0.1) is 5.69 Å². The lowest BCUT2D eigenvalue weighted by Gasteiger charge is -2.57. The molecule has 0 unspecified atom stereocenters. The number of carbonyl (C=O) groups excluding carboxylic acids is 3. The van der Waals surface area contributed by atoms with Crippen LogP contribution in [0.1, 0.15) is 49.7 Å². The number of hydrogen-bond acceptors (Lipinski definition) is 4. The van der Waals surface area contributed by atoms with Crippen LogP contribution in [-0.2, 0) is 15.0 Å². The SMILES string of the molecule is O=C1NC(=O)N(c2ccc(C34CC5CC(CC(C5)C3)C4)cc2)C(=O)/C1=C/c1cc(Cl)ccc1O. The van der Waals surface area contributed by atoms with Crippen LogP contribution in [0.15, 0.2) is 48.0 Å². The molecule has 0 atom stereocenters. The van der Waals surface area contributed by atoms with Crippen molar-refractivity contribution in [2.45, 2.75) is 43.9 Å². The average molecular weight is 477 g/mol. The Kier molecular flexibility index (Phi) is 4.85. The molecule has 0 aromatic heterocycles. The van der Waals surface area contributed by atoms with Crippen molar-refractivity contribution in [3.63, 3.8) is 0 Å². The zero-order chi connectivity index (χ0) is 23.6. The molecular weight excluding hydrogens is 452 g/mol. The van der Waals surface area contributed by atoms with E-state index in [0.29, 0.717) is 10.7 Å². The van der Waals surface area contributed by atoms with E-state index in [1.54, 1.807) is 12.1 Å². The van der Waals surface area contributed by atoms with Crippen molar-refractivity contribution >= 4 is 41.2 Å². The predicted octanol–water partition coefficient (Wildman–Crippen LogP) is 5.18. The van der Waals surface area contributed by atoms with E-state index in [-0.39, 0.29) is 22.3 Å². The molecule has 1 heterocycles. The van der Waals surface area contributed by atoms with E-state index in [0.717, 1.165) is 22.7 Å². The van der Waals surface area contributed by atoms with Crippen LogP contribution < -0.4 is 10.2 Å². The van der Waals surface area contributed by atoms with E-state index in [1.165, 1.54) is 68.4 Å². The fourth-order valence-electron chi connectivity index (χ4n) is 7.12. The lowest BCUT2D eigenvalue weighted by Crippen LogP contribution is -2.54. The van der Waals surface area contributed by atoms with Crippen molar-refractivity contribution in [3.05, 3.63) is 64.2 Å². The number of urea groups is 1. The van der Waals surface area contributed by atoms with Crippen LogP contribution in [0.5, 0.6) is 5.75 Å². The maximum Gasteiger partial charge on any atom is 0.335 e. The van der Waals surface area contributed by atoms with Gasteiger partial charge in [0.25, 0.3) is 11.8 Å². The predicted molar refractivity (Wildman–Crippen MR) is 128 cm³/mol. The maximum absolute atomic E-state index is 13.2. The molecule has 4 amide bonds. The Morgan fingerprint density at radius 1 is 0.941 bits per heavy atom. The minimum atomic E-state index is -0.809. The molecule has 0 spiro atoms. The summed E-state index contributed by atoms with van der Waals surface area (Å²) in [5, 5.41) is 12.7. The summed E-state index contributed by atoms with van der Waals surface area (Å²) in [6, 6.07) is 11.2. The van der Waals surface area contributed by atoms with Crippen LogP contribution in [0.25, 0.3) is 6.08 Å². The number of aromatic hydroxyl groups is 1. The molecule has 1 aliphatic heterocycles. The Morgan fingerprint density at radius 3 is 2.18 bits per heavy atom. The molecular formula is C27H25ClN2O4. The lowest BCUT2D eigenvalue weighted by atomic mass is 9.48. The summed E-state index contributed by atoms with van der Waals surface area (Å²) >= 11 is 5.99. The Balaban J connectivity index is 1.31. The monoisotopic (exact) mass is 476 g/mol. The van der Waals surface area contributed by atoms with Crippen LogP contribution in [0, 0.1) is 17.8 Å². The van der Waals surface area contributed by atoms with Gasteiger partial charge in [0.2, 0.25) is 0 Å². The summed E-state index contributed by atoms with van der Waals surface area (Å²) in [6.07, 6.45) is 9.04. The summed E-state index contributed by atoms with van der Waals surface area (Å²) in [5.74, 6) is 0.790. The molecule has 4 saturated carbocycles. The fraction of sp³-hybridized carbons (Fsp3) is 0.370. The van der Waals surface area contributed by atoms with Gasteiger partial charge in [0, 0.05) is 10.6 Å². The van der Waals surface area contributed by atoms with Gasteiger partial charge >= 0.3 is 6.03 Å². The summed E-state index contributed by atoms with van der Waals surface area (Å²) < 4.78 is 0. The highest BCUT2D eigenvalue weighted by atomic mass is 35.5. The molecule has 1 saturated heterocycles. The molecule has 6 nitrogen and oxygen atoms in total. The van der Waals surface area contributed by atoms with Crippen LogP contribution in [0.3, 0.4) is 0 Å². The van der Waals surface area contributed by atoms with Gasteiger partial charge in [-0.25, -0.2) is 9.69 Å². The van der Waals surface area contributed by atoms with E-state index in [2.05, 4.69) is 5.32 Å². The van der Waals surface area contributed by atoms with Gasteiger partial charge in [-0.2, -0.15) is 0 Å². The van der Waals surface area contributed by atoms with Gasteiger partial charge in [0.1, 0.15) is 11.3 Å². The molecule has 34 heavy (non-hydrogen) atoms. The number of rotatable bonds is 3. The number of anilines is 1. The van der Waals surface area contributed by atoms with Gasteiger partial charge in [-0.1, -0.05) is 23.7 Å². The number of nitrogens with one attached hydrogen (secondary N) is 1. The number of nitrogens with zero attached hydrogens (tertiary/aromatic N) is 1. The molecule has 5 fully saturated rings. The van der Waals surface area contributed by atoms with Crippen molar-refractivity contribution in [2.24, 2.45) is 17.8 Å². The van der Waals surface area contributed by atoms with Crippen molar-refractivity contribution in [3.8, 4) is 5.75 Å². The molecule has 174 valence electrons. The summed E-state index contributed by atoms with van der Waals surface area (Å²) in [5.41, 5.74) is 1.88. The second-order valence-corrected chi connectivity index (χ2v) is 10.8. The highest BCUT2D eigenvalue weighted by molar-refractivity contribution is 6.39. The van der Waals surface area contributed by atoms with Gasteiger partial charge in [-0.15, -0.1) is 0 Å². The topological polar surface area (TPSA) is 86.7 Å². The number of phenolic OH excluding ortho intramolecular Hbond substituents is 1. The Labute approximate surface area is 202 Å². The highest BCUT2D eigenvalue weighted by Crippen LogP contribution is 2.60. The molecule has 7 rings (SSSR count). The smallest absolute Gasteiger partial charge is 0.335 e. The summed E-state index contributed by atoms with van der Waals surface area (Å²) in [4.78, 5) is 39.2. The first-order chi connectivity index (χ1) is 16.3. The van der Waals surface area contributed by atoms with Crippen LogP contribution in [0.4, 0.5) is 10.5 Å². The van der Waals surface area contributed by atoms with Crippen molar-refractivity contribution in [1.82, 2.24) is 5.32 Å². The highest BCUT2D eigenvalue weighted by Gasteiger charge is 2.51. The Morgan fingerprint density at radius 2 is 1.56 bits per heavy atom. The zero-order valence-electron chi connectivity index (χ0n) is 18.6. The number of benzene rings is 2. The number of hydrogen-bond donors (Lipinski definition) is 2. The largest absolute Gasteiger partial charge is 0.507 e. The first-order valence-electron chi connectivity index (χ1n) is 11.8. The number of barbiturate groups is 1. The molecule has 7 heteroatoms. The lowest BCUT2D eigenvalue weighted by molar-refractivity contribution is -0.122. The second-order valence-electron chi connectivity index (χ2n) is 10.4. The summed E-state index contributed by atoms with van der Waals surface area (Å²) in [6.45, 7) is 0. The zero-order valence-corrected chi connectivity index (χ0v) is 19.3. The number of amides is 4. The van der Waals surface area contributed by atoms with E-state index in [1.807, 2.05) is 12.1 Å². The molecule has 2 aromatic carbocycles. The Hall–Kier alpha value is -3.12. The first-order valence-corrected chi connectivity index (χ1v) is 12.2. The van der Waals surface area contributed by atoms with Crippen LogP contribution >= 0.6 is 11.6 Å². The molecule has 5 aliphatic rings. The van der Waals surface area contributed by atoms with E-state index >= 15 is 0 Å². The molecule has 0 radical (unpaired) electrons. The standard InChI is InChI=1S/C27H25ClN2O4/c28-20-3-6-23(31)18(10-20)11-22-24(32)29-26(34)30(25(22)33)21-4-1-19(2-5-21)27-12-15-7-16(13-27)9-17(8-15)14-27/h1-6,10-11,15-17,31H,7-9,12-14H2,(H,29,32,34)/b22-11+. The minimum Gasteiger partial charge on any atom is -0.507 e. The molecule has 4 bridgehead atoms. The fourth-order valence-corrected chi connectivity index (χ4v) is 7.30. The van der Waals surface area contributed by atoms with Gasteiger partial charge in [-0.05, 0) is 104 Å². The third-order valence-electron chi connectivity index (χ3n) is 8.17. The Bertz CT molecular complexity index is 1210. The minimum absolute atomic E-state index is 0.124. The molecule has 2 N–H and O–H groups in total. The van der Waals surface area contributed by atoms with Crippen molar-refractivity contribution < 1.29 is 19.5 Å². The van der Waals surface area contributed by atoms with E-state index in [4.69, 9.17) is 11.6 Å². The number of carbonyl (C=O) groups is 3. The number of phenols is 1. The van der Waals surface area contributed by atoms with Crippen LogP contribution in [-0.4, -0.2) is 23.0 Å². The van der Waals surface area contributed by atoms with Gasteiger partial charge in [-0.3, -0.25) is 14.9 Å². The normalized spacial score (nSPS) is 31.3. The van der Waals surface area contributed by atoms with E-state index in [9.17, 15) is 19.5 Å². The van der Waals surface area contributed by atoms with Crippen molar-refractivity contribution in [2.75, 3.05) is 4.90 Å². The van der Waals surface area contributed by atoms with Crippen molar-refractivity contribution in [1.29, 1.82) is 0 Å². The second kappa shape index (κ2) is 7.70. The average Bonchev–Trinajstić information content (AvgIpc) is 2.78. The molecule has 2 aromatic rings. The van der Waals surface area contributed by atoms with Gasteiger partial charge in [0.15, 0.2) is 0 Å².